The minimum Gasteiger partial charge on any atom is -0.309 e. The number of aryl methyl sites for hydroxylation is 1. The van der Waals surface area contributed by atoms with Crippen LogP contribution in [0.15, 0.2) is 200 Å². The third kappa shape index (κ3) is 5.91. The van der Waals surface area contributed by atoms with Crippen LogP contribution in [0.4, 0.5) is 0 Å². The molecule has 0 radical (unpaired) electrons. The SMILES string of the molecule is CCCCc1ccc2sc3c(-c4ccc(-n5c6ccccc6c6cc(-c7ccc8c(c7)c7ccccc7n8-c7cccc(-c8ccccc8)c7)ccc65)cc4)cccc3c2c1. The highest BCUT2D eigenvalue weighted by atomic mass is 32.1. The van der Waals surface area contributed by atoms with Gasteiger partial charge in [0.05, 0.1) is 22.1 Å². The first kappa shape index (κ1) is 35.7. The molecule has 3 heterocycles. The summed E-state index contributed by atoms with van der Waals surface area (Å²) in [5.74, 6) is 0. The van der Waals surface area contributed by atoms with E-state index < -0.39 is 0 Å². The molecule has 9 aromatic carbocycles. The third-order valence-electron chi connectivity index (χ3n) is 12.7. The molecular weight excluding hydrogens is 757 g/mol. The van der Waals surface area contributed by atoms with Gasteiger partial charge in [-0.3, -0.25) is 0 Å². The van der Waals surface area contributed by atoms with Crippen molar-refractivity contribution in [2.24, 2.45) is 0 Å². The van der Waals surface area contributed by atoms with Crippen molar-refractivity contribution in [2.45, 2.75) is 26.2 Å². The Hall–Kier alpha value is -7.20. The van der Waals surface area contributed by atoms with Crippen molar-refractivity contribution in [1.29, 1.82) is 0 Å². The summed E-state index contributed by atoms with van der Waals surface area (Å²) in [6.07, 6.45) is 3.59. The van der Waals surface area contributed by atoms with E-state index in [1.807, 2.05) is 11.3 Å². The van der Waals surface area contributed by atoms with Gasteiger partial charge >= 0.3 is 0 Å². The van der Waals surface area contributed by atoms with Gasteiger partial charge in [-0.25, -0.2) is 0 Å². The number of benzene rings is 9. The standard InChI is InChI=1S/C58H42N2S/c1-2-3-13-38-24-33-57-52(34-38)49-21-12-20-46(58(49)61-57)40-25-29-44(30-26-40)59-53-22-9-7-18-47(53)50-36-42(27-31-55(50)59)43-28-32-56-51(37-43)48-19-8-10-23-54(48)60(56)45-17-11-16-41(35-45)39-14-5-4-6-15-39/h4-12,14-37H,2-3,13H2,1H3. The second-order valence-electron chi connectivity index (χ2n) is 16.4. The van der Waals surface area contributed by atoms with Crippen molar-refractivity contribution in [3.05, 3.63) is 206 Å². The number of aromatic nitrogens is 2. The van der Waals surface area contributed by atoms with Crippen molar-refractivity contribution in [1.82, 2.24) is 9.13 Å². The molecule has 0 unspecified atom stereocenters. The molecule has 12 aromatic rings. The number of hydrogen-bond donors (Lipinski definition) is 0. The van der Waals surface area contributed by atoms with Gasteiger partial charge in [-0.1, -0.05) is 141 Å². The Balaban J connectivity index is 0.931. The van der Waals surface area contributed by atoms with E-state index >= 15 is 0 Å². The topological polar surface area (TPSA) is 9.86 Å². The lowest BCUT2D eigenvalue weighted by atomic mass is 10.0. The normalized spacial score (nSPS) is 11.9. The van der Waals surface area contributed by atoms with E-state index in [1.165, 1.54) is 116 Å². The van der Waals surface area contributed by atoms with Crippen LogP contribution >= 0.6 is 11.3 Å². The van der Waals surface area contributed by atoms with E-state index in [2.05, 4.69) is 216 Å². The lowest BCUT2D eigenvalue weighted by Crippen LogP contribution is -1.94. The highest BCUT2D eigenvalue weighted by Crippen LogP contribution is 2.42. The first-order valence-corrected chi connectivity index (χ1v) is 22.3. The van der Waals surface area contributed by atoms with Crippen molar-refractivity contribution in [3.63, 3.8) is 0 Å². The third-order valence-corrected chi connectivity index (χ3v) is 13.9. The summed E-state index contributed by atoms with van der Waals surface area (Å²) in [7, 11) is 0. The number of fused-ring (bicyclic) bond motifs is 9. The second kappa shape index (κ2) is 14.5. The molecule has 61 heavy (non-hydrogen) atoms. The van der Waals surface area contributed by atoms with E-state index in [0.717, 1.165) is 17.8 Å². The molecule has 0 atom stereocenters. The summed E-state index contributed by atoms with van der Waals surface area (Å²) in [5.41, 5.74) is 16.0. The van der Waals surface area contributed by atoms with Gasteiger partial charge in [0.1, 0.15) is 0 Å². The van der Waals surface area contributed by atoms with Crippen molar-refractivity contribution in [3.8, 4) is 44.8 Å². The van der Waals surface area contributed by atoms with Crippen molar-refractivity contribution >= 4 is 75.1 Å². The highest BCUT2D eigenvalue weighted by molar-refractivity contribution is 7.26. The van der Waals surface area contributed by atoms with Crippen LogP contribution in [0.2, 0.25) is 0 Å². The van der Waals surface area contributed by atoms with Crippen LogP contribution in [0.3, 0.4) is 0 Å². The molecule has 0 saturated heterocycles. The number of hydrogen-bond acceptors (Lipinski definition) is 1. The lowest BCUT2D eigenvalue weighted by molar-refractivity contribution is 0.796. The van der Waals surface area contributed by atoms with Crippen molar-refractivity contribution in [2.75, 3.05) is 0 Å². The summed E-state index contributed by atoms with van der Waals surface area (Å²) >= 11 is 1.91. The Morgan fingerprint density at radius 3 is 1.66 bits per heavy atom. The summed E-state index contributed by atoms with van der Waals surface area (Å²) in [6.45, 7) is 2.27. The molecule has 0 bridgehead atoms. The van der Waals surface area contributed by atoms with Crippen LogP contribution in [0, 0.1) is 0 Å². The average molecular weight is 799 g/mol. The summed E-state index contributed by atoms with van der Waals surface area (Å²) < 4.78 is 7.56. The van der Waals surface area contributed by atoms with E-state index in [0.29, 0.717) is 0 Å². The molecule has 0 spiro atoms. The van der Waals surface area contributed by atoms with Crippen molar-refractivity contribution < 1.29 is 0 Å². The van der Waals surface area contributed by atoms with Crippen LogP contribution in [0.25, 0.3) is 109 Å². The molecule has 0 N–H and O–H groups in total. The molecule has 0 saturated carbocycles. The van der Waals surface area contributed by atoms with Crippen LogP contribution < -0.4 is 0 Å². The summed E-state index contributed by atoms with van der Waals surface area (Å²) in [4.78, 5) is 0. The van der Waals surface area contributed by atoms with Gasteiger partial charge in [0.25, 0.3) is 0 Å². The molecule has 0 fully saturated rings. The zero-order chi connectivity index (χ0) is 40.4. The first-order chi connectivity index (χ1) is 30.2. The maximum absolute atomic E-state index is 2.43. The van der Waals surface area contributed by atoms with Gasteiger partial charge in [0.2, 0.25) is 0 Å². The highest BCUT2D eigenvalue weighted by Gasteiger charge is 2.17. The maximum atomic E-state index is 2.43. The monoisotopic (exact) mass is 798 g/mol. The van der Waals surface area contributed by atoms with Gasteiger partial charge < -0.3 is 9.13 Å². The smallest absolute Gasteiger partial charge is 0.0541 e. The quantitative estimate of drug-likeness (QED) is 0.145. The van der Waals surface area contributed by atoms with E-state index in [1.54, 1.807) is 0 Å². The predicted molar refractivity (Wildman–Crippen MR) is 263 cm³/mol. The summed E-state index contributed by atoms with van der Waals surface area (Å²) in [5, 5.41) is 7.76. The van der Waals surface area contributed by atoms with E-state index in [-0.39, 0.29) is 0 Å². The van der Waals surface area contributed by atoms with Gasteiger partial charge in [-0.2, -0.15) is 0 Å². The molecule has 3 heteroatoms. The first-order valence-electron chi connectivity index (χ1n) is 21.5. The molecule has 0 aliphatic rings. The Labute approximate surface area is 359 Å². The van der Waals surface area contributed by atoms with Gasteiger partial charge in [-0.15, -0.1) is 11.3 Å². The van der Waals surface area contributed by atoms with Gasteiger partial charge in [0.15, 0.2) is 0 Å². The van der Waals surface area contributed by atoms with Crippen LogP contribution in [0.5, 0.6) is 0 Å². The van der Waals surface area contributed by atoms with Crippen LogP contribution in [-0.2, 0) is 6.42 Å². The fourth-order valence-corrected chi connectivity index (χ4v) is 10.9. The number of thiophene rings is 1. The zero-order valence-electron chi connectivity index (χ0n) is 34.0. The van der Waals surface area contributed by atoms with Gasteiger partial charge in [0, 0.05) is 53.1 Å². The summed E-state index contributed by atoms with van der Waals surface area (Å²) in [6, 6.07) is 74.2. The zero-order valence-corrected chi connectivity index (χ0v) is 34.8. The molecule has 290 valence electrons. The molecular formula is C58H42N2S. The van der Waals surface area contributed by atoms with Crippen LogP contribution in [-0.4, -0.2) is 9.13 Å². The number of unbranched alkanes of at least 4 members (excludes halogenated alkanes) is 1. The fraction of sp³-hybridized carbons (Fsp3) is 0.0690. The predicted octanol–water partition coefficient (Wildman–Crippen LogP) is 16.6. The minimum atomic E-state index is 1.14. The maximum Gasteiger partial charge on any atom is 0.0541 e. The number of para-hydroxylation sites is 2. The minimum absolute atomic E-state index is 1.14. The molecule has 0 amide bonds. The van der Waals surface area contributed by atoms with Crippen LogP contribution in [0.1, 0.15) is 25.3 Å². The Bertz CT molecular complexity index is 3620. The molecule has 0 aliphatic carbocycles. The van der Waals surface area contributed by atoms with E-state index in [9.17, 15) is 0 Å². The van der Waals surface area contributed by atoms with Gasteiger partial charge in [-0.05, 0) is 125 Å². The molecule has 0 aliphatic heterocycles. The molecule has 3 aromatic heterocycles. The second-order valence-corrected chi connectivity index (χ2v) is 17.4. The largest absolute Gasteiger partial charge is 0.309 e. The van der Waals surface area contributed by atoms with E-state index in [4.69, 9.17) is 0 Å². The Kier molecular flexibility index (Phi) is 8.50. The lowest BCUT2D eigenvalue weighted by Gasteiger charge is -2.11. The average Bonchev–Trinajstić information content (AvgIpc) is 3.98. The number of nitrogens with zero attached hydrogens (tertiary/aromatic N) is 2. The fourth-order valence-electron chi connectivity index (χ4n) is 9.72. The molecule has 2 nitrogen and oxygen atoms in total. The number of rotatable bonds is 8. The Morgan fingerprint density at radius 1 is 0.377 bits per heavy atom. The molecule has 12 rings (SSSR count). The Morgan fingerprint density at radius 2 is 0.951 bits per heavy atom.